The molecule has 0 aliphatic carbocycles. The van der Waals surface area contributed by atoms with Gasteiger partial charge in [-0.1, -0.05) is 77.5 Å². The van der Waals surface area contributed by atoms with E-state index >= 15 is 0 Å². The van der Waals surface area contributed by atoms with E-state index < -0.39 is 0 Å². The van der Waals surface area contributed by atoms with Crippen LogP contribution in [0.4, 0.5) is 0 Å². The first-order valence-electron chi connectivity index (χ1n) is 11.8. The van der Waals surface area contributed by atoms with E-state index in [0.717, 1.165) is 58.3 Å². The molecule has 4 nitrogen and oxygen atoms in total. The van der Waals surface area contributed by atoms with Crippen LogP contribution < -0.4 is 0 Å². The van der Waals surface area contributed by atoms with Crippen LogP contribution in [-0.4, -0.2) is 62.4 Å². The molecule has 0 bridgehead atoms. The van der Waals surface area contributed by atoms with Gasteiger partial charge in [-0.15, -0.1) is 0 Å². The molecule has 2 aromatic carbocycles. The van der Waals surface area contributed by atoms with E-state index in [-0.39, 0.29) is 0 Å². The molecular weight excluding hydrogens is 408 g/mol. The molecule has 2 saturated heterocycles. The van der Waals surface area contributed by atoms with Gasteiger partial charge in [0.25, 0.3) is 0 Å². The predicted octanol–water partition coefficient (Wildman–Crippen LogP) is 5.06. The topological polar surface area (TPSA) is 24.9 Å². The fourth-order valence-corrected chi connectivity index (χ4v) is 4.10. The van der Waals surface area contributed by atoms with Gasteiger partial charge in [-0.3, -0.25) is 0 Å². The highest BCUT2D eigenvalue weighted by molar-refractivity contribution is 5.66. The Balaban J connectivity index is 1.59. The first-order valence-corrected chi connectivity index (χ1v) is 11.8. The summed E-state index contributed by atoms with van der Waals surface area (Å²) >= 11 is 0. The number of rotatable bonds is 6. The van der Waals surface area contributed by atoms with Crippen LogP contribution in [0.5, 0.6) is 0 Å². The third-order valence-electron chi connectivity index (χ3n) is 6.03. The summed E-state index contributed by atoms with van der Waals surface area (Å²) in [7, 11) is 0. The van der Waals surface area contributed by atoms with Crippen molar-refractivity contribution in [1.29, 1.82) is 0 Å². The number of allylic oxidation sites excluding steroid dienone is 4. The van der Waals surface area contributed by atoms with E-state index in [1.54, 1.807) is 0 Å². The van der Waals surface area contributed by atoms with Crippen LogP contribution in [0.25, 0.3) is 11.4 Å². The van der Waals surface area contributed by atoms with Gasteiger partial charge in [-0.25, -0.2) is 0 Å². The zero-order valence-electron chi connectivity index (χ0n) is 19.8. The average Bonchev–Trinajstić information content (AvgIpc) is 2.86. The van der Waals surface area contributed by atoms with Crippen LogP contribution in [0.1, 0.15) is 22.3 Å². The van der Waals surface area contributed by atoms with E-state index in [2.05, 4.69) is 96.1 Å². The number of benzene rings is 2. The molecule has 0 aromatic heterocycles. The molecule has 2 aliphatic rings. The molecule has 2 fully saturated rings. The van der Waals surface area contributed by atoms with Gasteiger partial charge >= 0.3 is 0 Å². The summed E-state index contributed by atoms with van der Waals surface area (Å²) in [6.45, 7) is 10.9. The maximum absolute atomic E-state index is 5.56. The molecule has 4 heteroatoms. The van der Waals surface area contributed by atoms with Gasteiger partial charge in [-0.2, -0.15) is 0 Å². The van der Waals surface area contributed by atoms with Gasteiger partial charge in [0.05, 0.1) is 32.1 Å². The average molecular weight is 443 g/mol. The van der Waals surface area contributed by atoms with Crippen LogP contribution in [0.2, 0.25) is 0 Å². The van der Waals surface area contributed by atoms with Crippen molar-refractivity contribution in [3.8, 4) is 0 Å². The van der Waals surface area contributed by atoms with Crippen molar-refractivity contribution in [1.82, 2.24) is 9.80 Å². The van der Waals surface area contributed by atoms with Gasteiger partial charge in [0.1, 0.15) is 0 Å². The summed E-state index contributed by atoms with van der Waals surface area (Å²) in [6.07, 6.45) is 8.41. The van der Waals surface area contributed by atoms with Gasteiger partial charge in [0.2, 0.25) is 0 Å². The molecule has 4 rings (SSSR count). The minimum atomic E-state index is 0.759. The second kappa shape index (κ2) is 11.7. The number of morpholine rings is 2. The Morgan fingerprint density at radius 3 is 1.79 bits per heavy atom. The Morgan fingerprint density at radius 2 is 1.21 bits per heavy atom. The van der Waals surface area contributed by atoms with Crippen molar-refractivity contribution in [2.24, 2.45) is 0 Å². The molecule has 0 radical (unpaired) electrons. The van der Waals surface area contributed by atoms with Crippen molar-refractivity contribution >= 4 is 11.4 Å². The molecule has 172 valence electrons. The van der Waals surface area contributed by atoms with Gasteiger partial charge in [-0.05, 0) is 31.6 Å². The highest BCUT2D eigenvalue weighted by Crippen LogP contribution is 2.22. The maximum Gasteiger partial charge on any atom is 0.0874 e. The molecule has 2 aromatic rings. The third kappa shape index (κ3) is 6.49. The Hall–Kier alpha value is -3.04. The molecule has 0 atom stereocenters. The quantitative estimate of drug-likeness (QED) is 0.461. The summed E-state index contributed by atoms with van der Waals surface area (Å²) in [5.41, 5.74) is 10.9. The molecule has 2 heterocycles. The van der Waals surface area contributed by atoms with E-state index in [1.807, 2.05) is 6.08 Å². The number of hydrogen-bond acceptors (Lipinski definition) is 4. The van der Waals surface area contributed by atoms with Crippen LogP contribution in [0.15, 0.2) is 78.6 Å². The molecule has 0 spiro atoms. The normalized spacial score (nSPS) is 17.2. The van der Waals surface area contributed by atoms with E-state index in [1.165, 1.54) is 28.0 Å². The third-order valence-corrected chi connectivity index (χ3v) is 6.03. The lowest BCUT2D eigenvalue weighted by molar-refractivity contribution is 0.0639. The molecule has 0 N–H and O–H groups in total. The second-order valence-electron chi connectivity index (χ2n) is 8.53. The Labute approximate surface area is 198 Å². The van der Waals surface area contributed by atoms with Crippen LogP contribution >= 0.6 is 0 Å². The van der Waals surface area contributed by atoms with Crippen LogP contribution in [-0.2, 0) is 9.47 Å². The van der Waals surface area contributed by atoms with Crippen LogP contribution in [0, 0.1) is 13.8 Å². The lowest BCUT2D eigenvalue weighted by atomic mass is 10.1. The fraction of sp³-hybridized carbons (Fsp3) is 0.345. The maximum atomic E-state index is 5.56. The van der Waals surface area contributed by atoms with Crippen LogP contribution in [0.3, 0.4) is 0 Å². The monoisotopic (exact) mass is 442 g/mol. The summed E-state index contributed by atoms with van der Waals surface area (Å²) in [5.74, 6) is 0. The largest absolute Gasteiger partial charge is 0.378 e. The molecule has 0 unspecified atom stereocenters. The molecule has 0 amide bonds. The lowest BCUT2D eigenvalue weighted by Gasteiger charge is -2.31. The SMILES string of the molecule is Cc1ccc(C(=C=CC=CC=C(c2ccc(C)cc2)N2CCOCC2)N2CCOCC2)cc1. The number of hydrogen-bond donors (Lipinski definition) is 0. The van der Waals surface area contributed by atoms with E-state index in [0.29, 0.717) is 0 Å². The smallest absolute Gasteiger partial charge is 0.0874 e. The number of nitrogens with zero attached hydrogens (tertiary/aromatic N) is 2. The Bertz CT molecular complexity index is 1020. The van der Waals surface area contributed by atoms with E-state index in [4.69, 9.17) is 9.47 Å². The first kappa shape index (κ1) is 23.1. The standard InChI is InChI=1S/C29H34N2O2/c1-24-8-12-26(13-9-24)28(30-16-20-32-21-17-30)6-4-3-5-7-29(31-18-22-33-23-19-31)27-14-10-25(2)11-15-27/h3-6,8-15H,16-23H2,1-2H3. The fourth-order valence-electron chi connectivity index (χ4n) is 4.10. The van der Waals surface area contributed by atoms with Crippen molar-refractivity contribution in [2.45, 2.75) is 13.8 Å². The zero-order chi connectivity index (χ0) is 22.9. The Morgan fingerprint density at radius 1 is 0.697 bits per heavy atom. The van der Waals surface area contributed by atoms with Crippen molar-refractivity contribution in [3.05, 3.63) is 101 Å². The van der Waals surface area contributed by atoms with Crippen molar-refractivity contribution < 1.29 is 9.47 Å². The molecular formula is C29H34N2O2. The summed E-state index contributed by atoms with van der Waals surface area (Å²) in [6, 6.07) is 17.4. The molecule has 2 aliphatic heterocycles. The minimum Gasteiger partial charge on any atom is -0.378 e. The number of ether oxygens (including phenoxy) is 2. The minimum absolute atomic E-state index is 0.759. The van der Waals surface area contributed by atoms with Gasteiger partial charge in [0, 0.05) is 37.4 Å². The lowest BCUT2D eigenvalue weighted by Crippen LogP contribution is -2.34. The highest BCUT2D eigenvalue weighted by Gasteiger charge is 2.16. The number of aryl methyl sites for hydroxylation is 2. The van der Waals surface area contributed by atoms with Crippen molar-refractivity contribution in [2.75, 3.05) is 52.6 Å². The van der Waals surface area contributed by atoms with Crippen molar-refractivity contribution in [3.63, 3.8) is 0 Å². The van der Waals surface area contributed by atoms with E-state index in [9.17, 15) is 0 Å². The zero-order valence-corrected chi connectivity index (χ0v) is 19.8. The first-order chi connectivity index (χ1) is 16.2. The summed E-state index contributed by atoms with van der Waals surface area (Å²) < 4.78 is 11.1. The van der Waals surface area contributed by atoms with Gasteiger partial charge in [0.15, 0.2) is 0 Å². The van der Waals surface area contributed by atoms with Gasteiger partial charge < -0.3 is 19.3 Å². The summed E-state index contributed by atoms with van der Waals surface area (Å²) in [4.78, 5) is 4.77. The molecule has 33 heavy (non-hydrogen) atoms. The summed E-state index contributed by atoms with van der Waals surface area (Å²) in [5, 5.41) is 0. The predicted molar refractivity (Wildman–Crippen MR) is 136 cm³/mol. The molecule has 0 saturated carbocycles. The Kier molecular flexibility index (Phi) is 8.21. The second-order valence-corrected chi connectivity index (χ2v) is 8.53. The highest BCUT2D eigenvalue weighted by atomic mass is 16.5.